The fraction of sp³-hybridized carbons (Fsp3) is 0.0714. The molecule has 94 valence electrons. The molecule has 1 N–H and O–H groups in total. The van der Waals surface area contributed by atoms with Gasteiger partial charge < -0.3 is 0 Å². The molecule has 0 atom stereocenters. The van der Waals surface area contributed by atoms with E-state index in [2.05, 4.69) is 4.98 Å². The van der Waals surface area contributed by atoms with Crippen molar-refractivity contribution in [2.75, 3.05) is 0 Å². The topological polar surface area (TPSA) is 59.0 Å². The van der Waals surface area contributed by atoms with E-state index in [1.807, 2.05) is 31.2 Å². The van der Waals surface area contributed by atoms with E-state index in [0.29, 0.717) is 5.65 Å². The van der Waals surface area contributed by atoms with Gasteiger partial charge in [0.05, 0.1) is 6.20 Å². The molecule has 0 saturated heterocycles. The molecule has 5 heteroatoms. The van der Waals surface area contributed by atoms with Gasteiger partial charge in [-0.25, -0.2) is 9.59 Å². The van der Waals surface area contributed by atoms with E-state index < -0.39 is 11.4 Å². The molecule has 0 aliphatic rings. The molecular formula is C14H12N3O2+. The highest BCUT2D eigenvalue weighted by Gasteiger charge is 2.14. The summed E-state index contributed by atoms with van der Waals surface area (Å²) in [6, 6.07) is 12.8. The summed E-state index contributed by atoms with van der Waals surface area (Å²) in [5.74, 6) is 0. The Balaban J connectivity index is 2.44. The van der Waals surface area contributed by atoms with Crippen molar-refractivity contribution in [1.82, 2.24) is 9.55 Å². The average molecular weight is 254 g/mol. The molecule has 0 spiro atoms. The third-order valence-corrected chi connectivity index (χ3v) is 3.00. The number of H-pyrrole nitrogens is 1. The zero-order chi connectivity index (χ0) is 13.4. The van der Waals surface area contributed by atoms with Crippen molar-refractivity contribution >= 4 is 5.65 Å². The van der Waals surface area contributed by atoms with Crippen molar-refractivity contribution in [3.63, 3.8) is 0 Å². The Bertz CT molecular complexity index is 860. The number of hydrogen-bond donors (Lipinski definition) is 1. The molecule has 5 nitrogen and oxygen atoms in total. The summed E-state index contributed by atoms with van der Waals surface area (Å²) in [4.78, 5) is 26.1. The van der Waals surface area contributed by atoms with Crippen LogP contribution in [0.3, 0.4) is 0 Å². The second-order valence-corrected chi connectivity index (χ2v) is 4.34. The maximum Gasteiger partial charge on any atom is 0.451 e. The molecule has 3 rings (SSSR count). The van der Waals surface area contributed by atoms with Crippen molar-refractivity contribution in [1.29, 1.82) is 0 Å². The van der Waals surface area contributed by atoms with Crippen LogP contribution in [0.5, 0.6) is 0 Å². The highest BCUT2D eigenvalue weighted by molar-refractivity contribution is 5.43. The molecule has 2 aromatic heterocycles. The molecule has 3 aromatic rings. The van der Waals surface area contributed by atoms with Gasteiger partial charge in [-0.05, 0) is 25.1 Å². The van der Waals surface area contributed by atoms with E-state index in [-0.39, 0.29) is 0 Å². The third-order valence-electron chi connectivity index (χ3n) is 3.00. The van der Waals surface area contributed by atoms with Gasteiger partial charge in [-0.1, -0.05) is 23.8 Å². The minimum atomic E-state index is -0.444. The Kier molecular flexibility index (Phi) is 2.52. The Morgan fingerprint density at radius 1 is 1.05 bits per heavy atom. The lowest BCUT2D eigenvalue weighted by Crippen LogP contribution is -2.49. The first kappa shape index (κ1) is 11.4. The Morgan fingerprint density at radius 3 is 2.53 bits per heavy atom. The molecule has 1 aromatic carbocycles. The number of aromatic amines is 1. The molecule has 0 saturated carbocycles. The van der Waals surface area contributed by atoms with Gasteiger partial charge in [0.1, 0.15) is 5.69 Å². The van der Waals surface area contributed by atoms with Crippen LogP contribution < -0.4 is 15.8 Å². The molecule has 19 heavy (non-hydrogen) atoms. The number of rotatable bonds is 1. The second kappa shape index (κ2) is 4.20. The molecule has 0 fully saturated rings. The minimum absolute atomic E-state index is 0.441. The van der Waals surface area contributed by atoms with Crippen molar-refractivity contribution in [2.24, 2.45) is 0 Å². The Labute approximate surface area is 108 Å². The van der Waals surface area contributed by atoms with Crippen LogP contribution in [0.4, 0.5) is 0 Å². The molecule has 0 radical (unpaired) electrons. The van der Waals surface area contributed by atoms with Crippen LogP contribution in [0.2, 0.25) is 0 Å². The maximum atomic E-state index is 12.0. The van der Waals surface area contributed by atoms with Gasteiger partial charge in [0.2, 0.25) is 5.65 Å². The summed E-state index contributed by atoms with van der Waals surface area (Å²) in [5, 5.41) is 0. The molecule has 0 bridgehead atoms. The maximum absolute atomic E-state index is 12.0. The number of fused-ring (bicyclic) bond motifs is 1. The highest BCUT2D eigenvalue weighted by Crippen LogP contribution is 2.08. The smallest absolute Gasteiger partial charge is 0.212 e. The van der Waals surface area contributed by atoms with E-state index in [1.165, 1.54) is 8.97 Å². The van der Waals surface area contributed by atoms with E-state index in [9.17, 15) is 9.59 Å². The molecule has 0 amide bonds. The van der Waals surface area contributed by atoms with Gasteiger partial charge in [0, 0.05) is 6.07 Å². The first-order valence-corrected chi connectivity index (χ1v) is 5.89. The Morgan fingerprint density at radius 2 is 1.79 bits per heavy atom. The fourth-order valence-corrected chi connectivity index (χ4v) is 2.04. The van der Waals surface area contributed by atoms with Crippen LogP contribution in [0.15, 0.2) is 58.3 Å². The van der Waals surface area contributed by atoms with Crippen LogP contribution in [-0.4, -0.2) is 9.55 Å². The summed E-state index contributed by atoms with van der Waals surface area (Å²) in [6.07, 6.45) is 1.62. The van der Waals surface area contributed by atoms with E-state index >= 15 is 0 Å². The summed E-state index contributed by atoms with van der Waals surface area (Å²) in [7, 11) is 0. The van der Waals surface area contributed by atoms with Crippen molar-refractivity contribution in [3.05, 3.63) is 75.2 Å². The quantitative estimate of drug-likeness (QED) is 0.645. The van der Waals surface area contributed by atoms with Crippen LogP contribution in [0.1, 0.15) is 5.56 Å². The Hall–Kier alpha value is -2.69. The number of nitrogens with zero attached hydrogens (tertiary/aromatic N) is 2. The van der Waals surface area contributed by atoms with Crippen LogP contribution in [-0.2, 0) is 0 Å². The molecule has 0 aliphatic heterocycles. The average Bonchev–Trinajstić information content (AvgIpc) is 2.41. The largest absolute Gasteiger partial charge is 0.451 e. The first-order valence-electron chi connectivity index (χ1n) is 5.89. The summed E-state index contributed by atoms with van der Waals surface area (Å²) >= 11 is 0. The van der Waals surface area contributed by atoms with Gasteiger partial charge in [-0.3, -0.25) is 0 Å². The standard InChI is InChI=1S/C14H11N3O2/c1-10-5-7-11(8-6-10)17-12-4-2-3-9-16(12)13(18)15-14(17)19/h2-9H,1H3/p+1. The molecule has 2 heterocycles. The van der Waals surface area contributed by atoms with Crippen molar-refractivity contribution in [3.8, 4) is 5.69 Å². The lowest BCUT2D eigenvalue weighted by Gasteiger charge is -2.03. The minimum Gasteiger partial charge on any atom is -0.212 e. The number of nitrogens with one attached hydrogen (secondary N) is 1. The van der Waals surface area contributed by atoms with Crippen LogP contribution in [0, 0.1) is 6.92 Å². The predicted molar refractivity (Wildman–Crippen MR) is 70.6 cm³/mol. The number of pyridine rings is 1. The van der Waals surface area contributed by atoms with Gasteiger partial charge in [-0.15, -0.1) is 0 Å². The van der Waals surface area contributed by atoms with Gasteiger partial charge in [0.25, 0.3) is 0 Å². The molecule has 0 unspecified atom stereocenters. The van der Waals surface area contributed by atoms with E-state index in [1.54, 1.807) is 24.4 Å². The van der Waals surface area contributed by atoms with Crippen molar-refractivity contribution in [2.45, 2.75) is 6.92 Å². The first-order chi connectivity index (χ1) is 9.16. The van der Waals surface area contributed by atoms with Crippen LogP contribution in [0.25, 0.3) is 11.3 Å². The van der Waals surface area contributed by atoms with Crippen molar-refractivity contribution < 1.29 is 4.40 Å². The number of benzene rings is 1. The monoisotopic (exact) mass is 254 g/mol. The fourth-order valence-electron chi connectivity index (χ4n) is 2.04. The second-order valence-electron chi connectivity index (χ2n) is 4.34. The normalized spacial score (nSPS) is 10.8. The summed E-state index contributed by atoms with van der Waals surface area (Å²) in [5.41, 5.74) is 1.47. The van der Waals surface area contributed by atoms with Gasteiger partial charge in [-0.2, -0.15) is 14.0 Å². The molecule has 0 aliphatic carbocycles. The lowest BCUT2D eigenvalue weighted by molar-refractivity contribution is -0.537. The lowest BCUT2D eigenvalue weighted by atomic mass is 10.2. The molecular weight excluding hydrogens is 242 g/mol. The SMILES string of the molecule is Cc1ccc(-n2c(=O)[nH]c(=O)[n+]3ccccc23)cc1. The third kappa shape index (κ3) is 1.85. The summed E-state index contributed by atoms with van der Waals surface area (Å²) < 4.78 is 2.88. The van der Waals surface area contributed by atoms with E-state index in [0.717, 1.165) is 11.3 Å². The van der Waals surface area contributed by atoms with Crippen LogP contribution >= 0.6 is 0 Å². The van der Waals surface area contributed by atoms with Gasteiger partial charge in [0.15, 0.2) is 0 Å². The number of hydrogen-bond acceptors (Lipinski definition) is 2. The summed E-state index contributed by atoms with van der Waals surface area (Å²) in [6.45, 7) is 1.98. The number of aromatic nitrogens is 3. The zero-order valence-electron chi connectivity index (χ0n) is 10.3. The number of aryl methyl sites for hydroxylation is 1. The van der Waals surface area contributed by atoms with Gasteiger partial charge >= 0.3 is 11.4 Å². The highest BCUT2D eigenvalue weighted by atomic mass is 16.2. The predicted octanol–water partition coefficient (Wildman–Crippen LogP) is 0.573. The van der Waals surface area contributed by atoms with E-state index in [4.69, 9.17) is 0 Å². The zero-order valence-corrected chi connectivity index (χ0v) is 10.3.